The summed E-state index contributed by atoms with van der Waals surface area (Å²) >= 11 is 0. The van der Waals surface area contributed by atoms with Crippen molar-refractivity contribution in [3.63, 3.8) is 0 Å². The van der Waals surface area contributed by atoms with E-state index < -0.39 is 0 Å². The number of morpholine rings is 1. The molecule has 4 heteroatoms. The lowest BCUT2D eigenvalue weighted by molar-refractivity contribution is -0.0480. The van der Waals surface area contributed by atoms with Crippen molar-refractivity contribution in [2.75, 3.05) is 52.4 Å². The molecule has 18 heavy (non-hydrogen) atoms. The molecule has 0 amide bonds. The highest BCUT2D eigenvalue weighted by Gasteiger charge is 2.25. The van der Waals surface area contributed by atoms with Gasteiger partial charge in [-0.25, -0.2) is 0 Å². The fourth-order valence-corrected chi connectivity index (χ4v) is 3.15. The van der Waals surface area contributed by atoms with Crippen molar-refractivity contribution in [1.82, 2.24) is 15.1 Å². The molecule has 2 saturated heterocycles. The van der Waals surface area contributed by atoms with Gasteiger partial charge in [-0.3, -0.25) is 9.80 Å². The minimum atomic E-state index is 0.411. The van der Waals surface area contributed by atoms with Gasteiger partial charge in [0, 0.05) is 25.7 Å². The van der Waals surface area contributed by atoms with Gasteiger partial charge in [-0.15, -0.1) is 0 Å². The molecule has 0 saturated carbocycles. The van der Waals surface area contributed by atoms with Crippen LogP contribution in [0.2, 0.25) is 0 Å². The van der Waals surface area contributed by atoms with Crippen LogP contribution in [-0.2, 0) is 4.74 Å². The molecule has 0 aromatic rings. The molecule has 2 aliphatic rings. The maximum absolute atomic E-state index is 5.93. The third-order valence-electron chi connectivity index (χ3n) is 4.34. The number of likely N-dealkylation sites (N-methyl/N-ethyl adjacent to an activating group) is 2. The molecule has 1 atom stereocenters. The normalized spacial score (nSPS) is 27.8. The van der Waals surface area contributed by atoms with Crippen LogP contribution in [0.4, 0.5) is 0 Å². The molecule has 1 unspecified atom stereocenters. The summed E-state index contributed by atoms with van der Waals surface area (Å²) in [5.74, 6) is 0. The van der Waals surface area contributed by atoms with Crippen LogP contribution in [0.3, 0.4) is 0 Å². The number of nitrogens with one attached hydrogen (secondary N) is 1. The molecule has 1 N–H and O–H groups in total. The van der Waals surface area contributed by atoms with Gasteiger partial charge in [0.05, 0.1) is 12.7 Å². The average molecular weight is 255 g/mol. The van der Waals surface area contributed by atoms with Crippen molar-refractivity contribution < 1.29 is 4.74 Å². The summed E-state index contributed by atoms with van der Waals surface area (Å²) in [6, 6.07) is 0.761. The fourth-order valence-electron chi connectivity index (χ4n) is 3.15. The van der Waals surface area contributed by atoms with E-state index in [0.717, 1.165) is 45.4 Å². The number of hydrogen-bond acceptors (Lipinski definition) is 4. The first-order chi connectivity index (χ1) is 8.83. The Labute approximate surface area is 112 Å². The van der Waals surface area contributed by atoms with Gasteiger partial charge < -0.3 is 10.1 Å². The van der Waals surface area contributed by atoms with Crippen LogP contribution in [0.1, 0.15) is 26.7 Å². The molecule has 0 aromatic heterocycles. The fraction of sp³-hybridized carbons (Fsp3) is 1.00. The van der Waals surface area contributed by atoms with E-state index in [1.165, 1.54) is 25.9 Å². The minimum Gasteiger partial charge on any atom is -0.374 e. The van der Waals surface area contributed by atoms with E-state index in [1.807, 2.05) is 0 Å². The molecule has 2 heterocycles. The van der Waals surface area contributed by atoms with E-state index in [4.69, 9.17) is 4.74 Å². The molecule has 0 spiro atoms. The Balaban J connectivity index is 1.81. The summed E-state index contributed by atoms with van der Waals surface area (Å²) in [7, 11) is 0. The van der Waals surface area contributed by atoms with Crippen LogP contribution in [0, 0.1) is 0 Å². The van der Waals surface area contributed by atoms with E-state index in [2.05, 4.69) is 29.0 Å². The number of hydrogen-bond donors (Lipinski definition) is 1. The summed E-state index contributed by atoms with van der Waals surface area (Å²) in [5, 5.41) is 3.45. The van der Waals surface area contributed by atoms with Gasteiger partial charge in [0.15, 0.2) is 0 Å². The molecule has 0 aromatic carbocycles. The topological polar surface area (TPSA) is 27.7 Å². The zero-order chi connectivity index (χ0) is 12.8. The predicted octanol–water partition coefficient (Wildman–Crippen LogP) is 0.781. The monoisotopic (exact) mass is 255 g/mol. The van der Waals surface area contributed by atoms with Gasteiger partial charge >= 0.3 is 0 Å². The largest absolute Gasteiger partial charge is 0.374 e. The molecule has 0 aliphatic carbocycles. The van der Waals surface area contributed by atoms with Crippen LogP contribution < -0.4 is 5.32 Å². The first kappa shape index (κ1) is 14.3. The van der Waals surface area contributed by atoms with Crippen molar-refractivity contribution in [2.45, 2.75) is 38.8 Å². The predicted molar refractivity (Wildman–Crippen MR) is 75.0 cm³/mol. The quantitative estimate of drug-likeness (QED) is 0.786. The standard InChI is InChI=1S/C14H29N3O/c1-3-16-9-10-18-14(11-16)12-17(4-2)13-5-7-15-8-6-13/h13-15H,3-12H2,1-2H3. The van der Waals surface area contributed by atoms with Gasteiger partial charge in [-0.05, 0) is 39.0 Å². The van der Waals surface area contributed by atoms with Crippen LogP contribution in [0.25, 0.3) is 0 Å². The SMILES string of the molecule is CCN1CCOC(CN(CC)C2CCNCC2)C1. The molecule has 4 nitrogen and oxygen atoms in total. The van der Waals surface area contributed by atoms with Gasteiger partial charge in [-0.1, -0.05) is 13.8 Å². The van der Waals surface area contributed by atoms with Crippen LogP contribution in [0.5, 0.6) is 0 Å². The van der Waals surface area contributed by atoms with Gasteiger partial charge in [-0.2, -0.15) is 0 Å². The van der Waals surface area contributed by atoms with Gasteiger partial charge in [0.2, 0.25) is 0 Å². The van der Waals surface area contributed by atoms with E-state index in [9.17, 15) is 0 Å². The smallest absolute Gasteiger partial charge is 0.0829 e. The third-order valence-corrected chi connectivity index (χ3v) is 4.34. The van der Waals surface area contributed by atoms with E-state index in [-0.39, 0.29) is 0 Å². The summed E-state index contributed by atoms with van der Waals surface area (Å²) in [6.45, 7) is 13.4. The van der Waals surface area contributed by atoms with Crippen molar-refractivity contribution in [2.24, 2.45) is 0 Å². The summed E-state index contributed by atoms with van der Waals surface area (Å²) in [5.41, 5.74) is 0. The highest BCUT2D eigenvalue weighted by atomic mass is 16.5. The highest BCUT2D eigenvalue weighted by molar-refractivity contribution is 4.81. The van der Waals surface area contributed by atoms with Crippen molar-refractivity contribution in [3.8, 4) is 0 Å². The molecular formula is C14H29N3O. The zero-order valence-electron chi connectivity index (χ0n) is 12.0. The molecule has 0 bridgehead atoms. The Morgan fingerprint density at radius 3 is 2.72 bits per heavy atom. The first-order valence-corrected chi connectivity index (χ1v) is 7.62. The summed E-state index contributed by atoms with van der Waals surface area (Å²) in [4.78, 5) is 5.13. The van der Waals surface area contributed by atoms with E-state index >= 15 is 0 Å². The molecule has 2 fully saturated rings. The minimum absolute atomic E-state index is 0.411. The van der Waals surface area contributed by atoms with Gasteiger partial charge in [0.25, 0.3) is 0 Å². The zero-order valence-corrected chi connectivity index (χ0v) is 12.0. The molecule has 106 valence electrons. The Bertz CT molecular complexity index is 231. The van der Waals surface area contributed by atoms with Crippen molar-refractivity contribution >= 4 is 0 Å². The van der Waals surface area contributed by atoms with Crippen molar-refractivity contribution in [1.29, 1.82) is 0 Å². The lowest BCUT2D eigenvalue weighted by atomic mass is 10.0. The van der Waals surface area contributed by atoms with Crippen LogP contribution >= 0.6 is 0 Å². The summed E-state index contributed by atoms with van der Waals surface area (Å²) in [6.07, 6.45) is 2.99. The lowest BCUT2D eigenvalue weighted by Gasteiger charge is -2.39. The molecule has 2 aliphatic heterocycles. The number of piperidine rings is 1. The highest BCUT2D eigenvalue weighted by Crippen LogP contribution is 2.14. The van der Waals surface area contributed by atoms with Crippen LogP contribution in [0.15, 0.2) is 0 Å². The maximum atomic E-state index is 5.93. The summed E-state index contributed by atoms with van der Waals surface area (Å²) < 4.78 is 5.93. The Morgan fingerprint density at radius 2 is 2.06 bits per heavy atom. The number of ether oxygens (including phenoxy) is 1. The second-order valence-electron chi connectivity index (χ2n) is 5.45. The Kier molecular flexibility index (Phi) is 5.89. The van der Waals surface area contributed by atoms with Crippen molar-refractivity contribution in [3.05, 3.63) is 0 Å². The number of rotatable bonds is 5. The average Bonchev–Trinajstić information content (AvgIpc) is 2.46. The first-order valence-electron chi connectivity index (χ1n) is 7.62. The molecule has 2 rings (SSSR count). The third kappa shape index (κ3) is 3.92. The van der Waals surface area contributed by atoms with E-state index in [1.54, 1.807) is 0 Å². The maximum Gasteiger partial charge on any atom is 0.0829 e. The lowest BCUT2D eigenvalue weighted by Crippen LogP contribution is -2.51. The second kappa shape index (κ2) is 7.43. The van der Waals surface area contributed by atoms with Crippen LogP contribution in [-0.4, -0.2) is 74.4 Å². The Morgan fingerprint density at radius 1 is 1.28 bits per heavy atom. The molecule has 0 radical (unpaired) electrons. The Hall–Kier alpha value is -0.160. The van der Waals surface area contributed by atoms with E-state index in [0.29, 0.717) is 6.10 Å². The molecular weight excluding hydrogens is 226 g/mol. The number of nitrogens with zero attached hydrogens (tertiary/aromatic N) is 2. The van der Waals surface area contributed by atoms with Gasteiger partial charge in [0.1, 0.15) is 0 Å². The second-order valence-corrected chi connectivity index (χ2v) is 5.45.